The molecule has 0 aliphatic heterocycles. The quantitative estimate of drug-likeness (QED) is 0.633. The predicted octanol–water partition coefficient (Wildman–Crippen LogP) is 3.42. The minimum atomic E-state index is -7.29. The highest BCUT2D eigenvalue weighted by Crippen LogP contribution is 2.59. The van der Waals surface area contributed by atoms with Crippen LogP contribution in [0.1, 0.15) is 38.5 Å². The molecule has 0 amide bonds. The molecule has 0 aromatic rings. The maximum absolute atomic E-state index is 13.9. The smallest absolute Gasteiger partial charge is 0.390 e. The molecule has 4 aliphatic rings. The van der Waals surface area contributed by atoms with E-state index in [1.165, 1.54) is 4.72 Å². The molecule has 2 unspecified atom stereocenters. The average Bonchev–Trinajstić information content (AvgIpc) is 2.41. The summed E-state index contributed by atoms with van der Waals surface area (Å²) in [6, 6.07) is 0. The first-order valence-corrected chi connectivity index (χ1v) is 9.72. The molecule has 0 aromatic heterocycles. The molecule has 4 fully saturated rings. The topological polar surface area (TPSA) is 66.4 Å². The van der Waals surface area contributed by atoms with E-state index in [1.807, 2.05) is 0 Å². The maximum atomic E-state index is 13.9. The Balaban J connectivity index is 1.94. The first-order valence-electron chi connectivity index (χ1n) is 8.24. The van der Waals surface area contributed by atoms with Gasteiger partial charge in [-0.15, -0.1) is 0 Å². The van der Waals surface area contributed by atoms with E-state index in [1.54, 1.807) is 0 Å². The molecule has 0 saturated heterocycles. The van der Waals surface area contributed by atoms with Crippen LogP contribution in [-0.2, 0) is 10.0 Å². The largest absolute Gasteiger partial charge is 0.460 e. The third-order valence-corrected chi connectivity index (χ3v) is 7.47. The van der Waals surface area contributed by atoms with Crippen molar-refractivity contribution in [3.05, 3.63) is 0 Å². The predicted molar refractivity (Wildman–Crippen MR) is 75.3 cm³/mol. The van der Waals surface area contributed by atoms with Crippen LogP contribution in [0.15, 0.2) is 0 Å². The van der Waals surface area contributed by atoms with Crippen molar-refractivity contribution in [3.8, 4) is 0 Å². The van der Waals surface area contributed by atoms with Crippen molar-refractivity contribution in [1.82, 2.24) is 4.72 Å². The van der Waals surface area contributed by atoms with Crippen LogP contribution in [0.4, 0.5) is 39.5 Å². The summed E-state index contributed by atoms with van der Waals surface area (Å²) in [7, 11) is -6.67. The fourth-order valence-electron chi connectivity index (χ4n) is 5.21. The van der Waals surface area contributed by atoms with Gasteiger partial charge >= 0.3 is 23.3 Å². The van der Waals surface area contributed by atoms with E-state index in [0.717, 1.165) is 0 Å². The summed E-state index contributed by atoms with van der Waals surface area (Å²) in [5.41, 5.74) is -3.23. The van der Waals surface area contributed by atoms with Crippen LogP contribution in [0.3, 0.4) is 0 Å². The molecule has 4 nitrogen and oxygen atoms in total. The number of halogens is 9. The SMILES string of the molecule is O=S(=O)(NC12CC3CC(CC(O)(C3)C1)C2)C(F)(F)C(F)(F)C(F)(F)C(F)(F)F. The van der Waals surface area contributed by atoms with Crippen molar-refractivity contribution in [3.63, 3.8) is 0 Å². The second kappa shape index (κ2) is 5.68. The summed E-state index contributed by atoms with van der Waals surface area (Å²) >= 11 is 0. The molecule has 4 aliphatic carbocycles. The number of hydrogen-bond acceptors (Lipinski definition) is 3. The molecule has 0 heterocycles. The maximum Gasteiger partial charge on any atom is 0.460 e. The Morgan fingerprint density at radius 1 is 0.821 bits per heavy atom. The number of nitrogens with one attached hydrogen (secondary N) is 1. The lowest BCUT2D eigenvalue weighted by Crippen LogP contribution is -2.70. The van der Waals surface area contributed by atoms with Crippen LogP contribution in [0.25, 0.3) is 0 Å². The molecule has 4 saturated carbocycles. The van der Waals surface area contributed by atoms with Gasteiger partial charge in [-0.05, 0) is 50.4 Å². The van der Waals surface area contributed by atoms with Crippen LogP contribution >= 0.6 is 0 Å². The summed E-state index contributed by atoms with van der Waals surface area (Å²) < 4.78 is 143. The van der Waals surface area contributed by atoms with Gasteiger partial charge in [0.1, 0.15) is 0 Å². The standard InChI is InChI=1S/C14H16F9NO3S/c15-11(16,13(19,20)21)12(17,18)14(22,23)28(26,27)24-9-2-7-1-8(3-9)5-10(25,4-7)6-9/h7-8,24-25H,1-6H2. The third kappa shape index (κ3) is 2.92. The van der Waals surface area contributed by atoms with E-state index in [-0.39, 0.29) is 37.5 Å². The van der Waals surface area contributed by atoms with E-state index in [2.05, 4.69) is 0 Å². The van der Waals surface area contributed by atoms with E-state index in [9.17, 15) is 53.0 Å². The average molecular weight is 449 g/mol. The molecule has 4 bridgehead atoms. The van der Waals surface area contributed by atoms with Crippen molar-refractivity contribution in [2.24, 2.45) is 11.8 Å². The third-order valence-electron chi connectivity index (χ3n) is 5.83. The Labute approximate surface area is 153 Å². The number of hydrogen-bond donors (Lipinski definition) is 2. The lowest BCUT2D eigenvalue weighted by atomic mass is 9.51. The number of alkyl halides is 9. The second-order valence-corrected chi connectivity index (χ2v) is 9.96. The summed E-state index contributed by atoms with van der Waals surface area (Å²) in [5.74, 6) is -15.2. The highest BCUT2D eigenvalue weighted by molar-refractivity contribution is 7.90. The molecule has 28 heavy (non-hydrogen) atoms. The number of aliphatic hydroxyl groups is 1. The Morgan fingerprint density at radius 2 is 1.29 bits per heavy atom. The van der Waals surface area contributed by atoms with Gasteiger partial charge in [0.2, 0.25) is 0 Å². The molecule has 0 radical (unpaired) electrons. The van der Waals surface area contributed by atoms with Gasteiger partial charge in [-0.3, -0.25) is 0 Å². The molecule has 4 rings (SSSR count). The van der Waals surface area contributed by atoms with Crippen molar-refractivity contribution in [2.75, 3.05) is 0 Å². The lowest BCUT2D eigenvalue weighted by molar-refractivity contribution is -0.382. The van der Waals surface area contributed by atoms with Crippen molar-refractivity contribution < 1.29 is 53.0 Å². The Kier molecular flexibility index (Phi) is 4.45. The summed E-state index contributed by atoms with van der Waals surface area (Å²) in [6.07, 6.45) is -6.71. The van der Waals surface area contributed by atoms with Crippen molar-refractivity contribution in [1.29, 1.82) is 0 Å². The molecule has 14 heteroatoms. The summed E-state index contributed by atoms with van der Waals surface area (Å²) in [5, 5.41) is 3.66. The normalized spacial score (nSPS) is 36.8. The first kappa shape index (κ1) is 21.9. The molecule has 0 spiro atoms. The monoisotopic (exact) mass is 449 g/mol. The molecule has 2 atom stereocenters. The summed E-state index contributed by atoms with van der Waals surface area (Å²) in [6.45, 7) is 0. The van der Waals surface area contributed by atoms with Gasteiger partial charge in [0.25, 0.3) is 10.0 Å². The highest BCUT2D eigenvalue weighted by Gasteiger charge is 2.85. The van der Waals surface area contributed by atoms with E-state index in [4.69, 9.17) is 0 Å². The van der Waals surface area contributed by atoms with E-state index < -0.39 is 50.9 Å². The van der Waals surface area contributed by atoms with E-state index >= 15 is 0 Å². The van der Waals surface area contributed by atoms with Crippen molar-refractivity contribution in [2.45, 2.75) is 72.9 Å². The minimum absolute atomic E-state index is 0.109. The molecule has 164 valence electrons. The van der Waals surface area contributed by atoms with Crippen LogP contribution < -0.4 is 4.72 Å². The van der Waals surface area contributed by atoms with Crippen molar-refractivity contribution >= 4 is 10.0 Å². The highest BCUT2D eigenvalue weighted by atomic mass is 32.2. The van der Waals surface area contributed by atoms with Gasteiger partial charge in [0.15, 0.2) is 0 Å². The zero-order valence-electron chi connectivity index (χ0n) is 14.0. The van der Waals surface area contributed by atoms with Gasteiger partial charge in [0.05, 0.1) is 5.60 Å². The molecule has 0 aromatic carbocycles. The van der Waals surface area contributed by atoms with E-state index in [0.29, 0.717) is 6.42 Å². The number of rotatable bonds is 5. The second-order valence-electron chi connectivity index (χ2n) is 8.23. The first-order chi connectivity index (χ1) is 12.3. The van der Waals surface area contributed by atoms with Crippen LogP contribution in [-0.4, -0.2) is 47.9 Å². The number of sulfonamides is 1. The van der Waals surface area contributed by atoms with Gasteiger partial charge in [-0.25, -0.2) is 13.1 Å². The fourth-order valence-corrected chi connectivity index (χ4v) is 6.62. The zero-order chi connectivity index (χ0) is 21.6. The molecule has 2 N–H and O–H groups in total. The van der Waals surface area contributed by atoms with Gasteiger partial charge in [0, 0.05) is 5.54 Å². The zero-order valence-corrected chi connectivity index (χ0v) is 14.8. The molecular formula is C14H16F9NO3S. The van der Waals surface area contributed by atoms with Gasteiger partial charge in [-0.2, -0.15) is 39.5 Å². The lowest BCUT2D eigenvalue weighted by Gasteiger charge is -2.60. The van der Waals surface area contributed by atoms with Crippen LogP contribution in [0.2, 0.25) is 0 Å². The fraction of sp³-hybridized carbons (Fsp3) is 1.00. The van der Waals surface area contributed by atoms with Gasteiger partial charge < -0.3 is 5.11 Å². The minimum Gasteiger partial charge on any atom is -0.390 e. The molecular weight excluding hydrogens is 433 g/mol. The Bertz CT molecular complexity index is 751. The summed E-state index contributed by atoms with van der Waals surface area (Å²) in [4.78, 5) is 0. The Hall–Kier alpha value is -0.760. The van der Waals surface area contributed by atoms with Crippen LogP contribution in [0.5, 0.6) is 0 Å². The van der Waals surface area contributed by atoms with Gasteiger partial charge in [-0.1, -0.05) is 0 Å². The van der Waals surface area contributed by atoms with Crippen LogP contribution in [0, 0.1) is 11.8 Å². The Morgan fingerprint density at radius 3 is 1.68 bits per heavy atom.